The maximum absolute atomic E-state index is 13.0. The number of thiazole rings is 1. The van der Waals surface area contributed by atoms with E-state index in [4.69, 9.17) is 22.2 Å². The van der Waals surface area contributed by atoms with Crippen molar-refractivity contribution >= 4 is 40.4 Å². The molecule has 23 heavy (non-hydrogen) atoms. The van der Waals surface area contributed by atoms with Crippen molar-refractivity contribution in [1.29, 1.82) is 0 Å². The molecule has 6 nitrogen and oxygen atoms in total. The van der Waals surface area contributed by atoms with Crippen LogP contribution in [0.1, 0.15) is 10.7 Å². The maximum Gasteiger partial charge on any atom is 0.265 e. The van der Waals surface area contributed by atoms with Gasteiger partial charge in [0.05, 0.1) is 22.1 Å². The van der Waals surface area contributed by atoms with Crippen LogP contribution in [0.15, 0.2) is 28.7 Å². The van der Waals surface area contributed by atoms with Gasteiger partial charge in [-0.1, -0.05) is 16.8 Å². The van der Waals surface area contributed by atoms with Crippen molar-refractivity contribution in [3.05, 3.63) is 45.1 Å². The summed E-state index contributed by atoms with van der Waals surface area (Å²) >= 11 is 7.14. The van der Waals surface area contributed by atoms with Gasteiger partial charge in [-0.3, -0.25) is 4.79 Å². The van der Waals surface area contributed by atoms with Crippen LogP contribution in [0.3, 0.4) is 0 Å². The number of hydrogen-bond acceptors (Lipinski definition) is 5. The number of carbonyl (C=O) groups excluding carboxylic acids is 1. The third-order valence-electron chi connectivity index (χ3n) is 2.61. The third-order valence-corrected chi connectivity index (χ3v) is 3.72. The van der Waals surface area contributed by atoms with E-state index in [0.29, 0.717) is 12.1 Å². The van der Waals surface area contributed by atoms with Gasteiger partial charge in [0.1, 0.15) is 11.7 Å². The van der Waals surface area contributed by atoms with Gasteiger partial charge >= 0.3 is 0 Å². The lowest BCUT2D eigenvalue weighted by molar-refractivity contribution is -0.120. The highest BCUT2D eigenvalue weighted by molar-refractivity contribution is 7.09. The van der Waals surface area contributed by atoms with Gasteiger partial charge in [-0.05, 0) is 25.1 Å². The van der Waals surface area contributed by atoms with E-state index in [9.17, 15) is 9.18 Å². The molecule has 0 bridgehead atoms. The number of rotatable bonds is 6. The first-order valence-corrected chi connectivity index (χ1v) is 7.80. The van der Waals surface area contributed by atoms with E-state index < -0.39 is 11.7 Å². The molecule has 0 aliphatic carbocycles. The molecular formula is C14H14ClFN4O2S. The third kappa shape index (κ3) is 5.50. The van der Waals surface area contributed by atoms with Crippen molar-refractivity contribution in [2.45, 2.75) is 13.3 Å². The number of amides is 1. The van der Waals surface area contributed by atoms with Crippen molar-refractivity contribution in [2.24, 2.45) is 10.9 Å². The molecule has 0 aliphatic rings. The first kappa shape index (κ1) is 17.2. The molecular weight excluding hydrogens is 343 g/mol. The Hall–Kier alpha value is -2.19. The molecule has 0 radical (unpaired) electrons. The monoisotopic (exact) mass is 356 g/mol. The van der Waals surface area contributed by atoms with Crippen molar-refractivity contribution in [1.82, 2.24) is 4.98 Å². The van der Waals surface area contributed by atoms with Crippen LogP contribution in [0.2, 0.25) is 5.02 Å². The normalized spacial score (nSPS) is 11.3. The fraction of sp³-hybridized carbons (Fsp3) is 0.214. The highest BCUT2D eigenvalue weighted by Gasteiger charge is 2.06. The Morgan fingerprint density at radius 2 is 2.35 bits per heavy atom. The Kier molecular flexibility index (Phi) is 5.89. The molecule has 9 heteroatoms. The highest BCUT2D eigenvalue weighted by Crippen LogP contribution is 2.19. The van der Waals surface area contributed by atoms with Gasteiger partial charge in [0.2, 0.25) is 0 Å². The summed E-state index contributed by atoms with van der Waals surface area (Å²) < 4.78 is 13.0. The van der Waals surface area contributed by atoms with E-state index in [1.807, 2.05) is 12.3 Å². The number of halogens is 2. The maximum atomic E-state index is 13.0. The first-order valence-electron chi connectivity index (χ1n) is 6.54. The van der Waals surface area contributed by atoms with Gasteiger partial charge in [-0.25, -0.2) is 9.37 Å². The van der Waals surface area contributed by atoms with E-state index in [-0.39, 0.29) is 17.5 Å². The minimum atomic E-state index is -0.560. The number of anilines is 1. The predicted molar refractivity (Wildman–Crippen MR) is 88.2 cm³/mol. The molecule has 3 N–H and O–H groups in total. The zero-order valence-corrected chi connectivity index (χ0v) is 13.7. The lowest BCUT2D eigenvalue weighted by Crippen LogP contribution is -2.20. The van der Waals surface area contributed by atoms with Crippen LogP contribution < -0.4 is 11.1 Å². The highest BCUT2D eigenvalue weighted by atomic mass is 35.5. The zero-order chi connectivity index (χ0) is 16.8. The lowest BCUT2D eigenvalue weighted by atomic mass is 10.3. The van der Waals surface area contributed by atoms with Gasteiger partial charge in [0.15, 0.2) is 6.61 Å². The largest absolute Gasteiger partial charge is 0.384 e. The van der Waals surface area contributed by atoms with Gasteiger partial charge in [0.25, 0.3) is 5.91 Å². The van der Waals surface area contributed by atoms with Crippen molar-refractivity contribution in [3.8, 4) is 0 Å². The summed E-state index contributed by atoms with van der Waals surface area (Å²) in [6.07, 6.45) is 0.347. The second-order valence-corrected chi connectivity index (χ2v) is 6.04. The topological polar surface area (TPSA) is 89.6 Å². The lowest BCUT2D eigenvalue weighted by Gasteiger charge is -2.05. The van der Waals surface area contributed by atoms with Crippen molar-refractivity contribution in [3.63, 3.8) is 0 Å². The Morgan fingerprint density at radius 1 is 1.57 bits per heavy atom. The number of nitrogens with one attached hydrogen (secondary N) is 1. The summed E-state index contributed by atoms with van der Waals surface area (Å²) in [5.74, 6) is -0.808. The Labute approximate surface area is 141 Å². The van der Waals surface area contributed by atoms with Crippen molar-refractivity contribution < 1.29 is 14.0 Å². The van der Waals surface area contributed by atoms with Crippen LogP contribution in [0.5, 0.6) is 0 Å². The average molecular weight is 357 g/mol. The van der Waals surface area contributed by atoms with Gasteiger partial charge in [-0.15, -0.1) is 11.3 Å². The first-order chi connectivity index (χ1) is 10.9. The molecule has 0 fully saturated rings. The molecule has 2 rings (SSSR count). The molecule has 0 saturated carbocycles. The second-order valence-electron chi connectivity index (χ2n) is 4.57. The summed E-state index contributed by atoms with van der Waals surface area (Å²) in [6.45, 7) is 1.57. The second kappa shape index (κ2) is 7.89. The van der Waals surface area contributed by atoms with E-state index in [0.717, 1.165) is 16.8 Å². The summed E-state index contributed by atoms with van der Waals surface area (Å²) in [6, 6.07) is 3.85. The zero-order valence-electron chi connectivity index (χ0n) is 12.2. The minimum Gasteiger partial charge on any atom is -0.384 e. The van der Waals surface area contributed by atoms with E-state index in [1.54, 1.807) is 0 Å². The smallest absolute Gasteiger partial charge is 0.265 e. The minimum absolute atomic E-state index is 0.0791. The van der Waals surface area contributed by atoms with Crippen molar-refractivity contribution in [2.75, 3.05) is 11.9 Å². The number of oxime groups is 1. The predicted octanol–water partition coefficient (Wildman–Crippen LogP) is 2.71. The Morgan fingerprint density at radius 3 is 3.00 bits per heavy atom. The molecule has 0 atom stereocenters. The summed E-state index contributed by atoms with van der Waals surface area (Å²) in [5.41, 5.74) is 6.84. The molecule has 0 spiro atoms. The number of carbonyl (C=O) groups is 1. The van der Waals surface area contributed by atoms with Gasteiger partial charge < -0.3 is 15.9 Å². The van der Waals surface area contributed by atoms with Crippen LogP contribution >= 0.6 is 22.9 Å². The fourth-order valence-electron chi connectivity index (χ4n) is 1.65. The molecule has 2 aromatic rings. The number of hydrogen-bond donors (Lipinski definition) is 2. The van der Waals surface area contributed by atoms with Crippen LogP contribution in [-0.2, 0) is 16.1 Å². The summed E-state index contributed by atoms with van der Waals surface area (Å²) in [5, 5.41) is 8.89. The molecule has 1 heterocycles. The Bertz CT molecular complexity index is 735. The van der Waals surface area contributed by atoms with E-state index in [2.05, 4.69) is 15.5 Å². The van der Waals surface area contributed by atoms with E-state index >= 15 is 0 Å². The van der Waals surface area contributed by atoms with Crippen LogP contribution in [0, 0.1) is 12.7 Å². The SMILES string of the molecule is Cc1nc(C/C(N)=N/OCC(=O)Nc2ccc(F)c(Cl)c2)cs1. The number of nitrogens with two attached hydrogens (primary N) is 1. The summed E-state index contributed by atoms with van der Waals surface area (Å²) in [7, 11) is 0. The van der Waals surface area contributed by atoms with Gasteiger partial charge in [0, 0.05) is 11.1 Å². The van der Waals surface area contributed by atoms with Crippen LogP contribution in [0.25, 0.3) is 0 Å². The molecule has 1 aromatic heterocycles. The number of amidine groups is 1. The number of aromatic nitrogens is 1. The molecule has 1 amide bonds. The molecule has 0 saturated heterocycles. The molecule has 1 aromatic carbocycles. The van der Waals surface area contributed by atoms with E-state index in [1.165, 1.54) is 23.5 Å². The number of nitrogens with zero attached hydrogens (tertiary/aromatic N) is 2. The number of aryl methyl sites for hydroxylation is 1. The quantitative estimate of drug-likeness (QED) is 0.473. The van der Waals surface area contributed by atoms with Gasteiger partial charge in [-0.2, -0.15) is 0 Å². The molecule has 122 valence electrons. The van der Waals surface area contributed by atoms with Crippen LogP contribution in [-0.4, -0.2) is 23.3 Å². The summed E-state index contributed by atoms with van der Waals surface area (Å²) in [4.78, 5) is 20.8. The average Bonchev–Trinajstić information content (AvgIpc) is 2.88. The fourth-order valence-corrected chi connectivity index (χ4v) is 2.45. The standard InChI is InChI=1S/C14H14ClFN4O2S/c1-8-18-10(7-23-8)5-13(17)20-22-6-14(21)19-9-2-3-12(16)11(15)4-9/h2-4,7H,5-6H2,1H3,(H2,17,20)(H,19,21). The van der Waals surface area contributed by atoms with Crippen LogP contribution in [0.4, 0.5) is 10.1 Å². The number of benzene rings is 1. The molecule has 0 aliphatic heterocycles. The molecule has 0 unspecified atom stereocenters. The Balaban J connectivity index is 1.79.